The molecule has 0 radical (unpaired) electrons. The molecule has 35 heavy (non-hydrogen) atoms. The van der Waals surface area contributed by atoms with Crippen LogP contribution in [-0.4, -0.2) is 33.7 Å². The van der Waals surface area contributed by atoms with Crippen molar-refractivity contribution in [2.24, 2.45) is 11.8 Å². The zero-order chi connectivity index (χ0) is 24.1. The van der Waals surface area contributed by atoms with E-state index in [-0.39, 0.29) is 41.7 Å². The number of hydrogen-bond acceptors (Lipinski definition) is 6. The number of amides is 2. The van der Waals surface area contributed by atoms with Crippen LogP contribution in [0.5, 0.6) is 5.75 Å². The van der Waals surface area contributed by atoms with Gasteiger partial charge in [-0.05, 0) is 54.7 Å². The molecule has 6 rings (SSSR count). The van der Waals surface area contributed by atoms with Crippen molar-refractivity contribution in [3.8, 4) is 5.75 Å². The van der Waals surface area contributed by atoms with Gasteiger partial charge in [0.05, 0.1) is 31.0 Å². The number of aromatic nitrogens is 3. The van der Waals surface area contributed by atoms with E-state index in [1.165, 1.54) is 4.90 Å². The van der Waals surface area contributed by atoms with Crippen LogP contribution in [0.3, 0.4) is 0 Å². The standard InChI is InChI=1S/C26H24ClN5O3/c1-35-18-12-8-16(9-13-18)22-14-21(15-6-10-17(27)11-7-15)28-25-29-26(30-32(22)25)31-23(33)19-4-2-3-5-20(19)24(31)34/h2-3,6-13,19-22H,4-5,14H2,1H3,(H,28,29,30). The van der Waals surface area contributed by atoms with Crippen LogP contribution in [0.15, 0.2) is 60.7 Å². The molecule has 3 aliphatic rings. The minimum atomic E-state index is -0.333. The van der Waals surface area contributed by atoms with Gasteiger partial charge in [0, 0.05) is 5.02 Å². The SMILES string of the molecule is COc1ccc(C2CC(c3ccc(Cl)cc3)Nc3nc(N4C(=O)C5CC=CCC5C4=O)nn32)cc1. The monoisotopic (exact) mass is 489 g/mol. The molecule has 2 amide bonds. The lowest BCUT2D eigenvalue weighted by Crippen LogP contribution is -2.32. The highest BCUT2D eigenvalue weighted by Crippen LogP contribution is 2.41. The Balaban J connectivity index is 1.39. The number of ether oxygens (including phenoxy) is 1. The lowest BCUT2D eigenvalue weighted by Gasteiger charge is -2.31. The largest absolute Gasteiger partial charge is 0.497 e. The predicted octanol–water partition coefficient (Wildman–Crippen LogP) is 4.54. The number of carbonyl (C=O) groups excluding carboxylic acids is 2. The van der Waals surface area contributed by atoms with Gasteiger partial charge in [0.2, 0.25) is 17.8 Å². The summed E-state index contributed by atoms with van der Waals surface area (Å²) in [5, 5.41) is 8.81. The molecule has 4 atom stereocenters. The maximum Gasteiger partial charge on any atom is 0.260 e. The summed E-state index contributed by atoms with van der Waals surface area (Å²) in [5.74, 6) is 0.305. The molecule has 9 heteroatoms. The molecule has 0 bridgehead atoms. The number of methoxy groups -OCH3 is 1. The van der Waals surface area contributed by atoms with Gasteiger partial charge in [0.1, 0.15) is 5.75 Å². The van der Waals surface area contributed by atoms with Gasteiger partial charge < -0.3 is 10.1 Å². The van der Waals surface area contributed by atoms with E-state index in [1.54, 1.807) is 11.8 Å². The smallest absolute Gasteiger partial charge is 0.260 e. The quantitative estimate of drug-likeness (QED) is 0.427. The number of anilines is 2. The fraction of sp³-hybridized carbons (Fsp3) is 0.308. The highest BCUT2D eigenvalue weighted by Gasteiger charge is 2.50. The van der Waals surface area contributed by atoms with Gasteiger partial charge >= 0.3 is 0 Å². The summed E-state index contributed by atoms with van der Waals surface area (Å²) in [4.78, 5) is 32.1. The topological polar surface area (TPSA) is 89.3 Å². The lowest BCUT2D eigenvalue weighted by atomic mass is 9.85. The normalized spacial score (nSPS) is 25.3. The molecule has 1 aliphatic carbocycles. The van der Waals surface area contributed by atoms with Crippen LogP contribution in [0.1, 0.15) is 42.5 Å². The Kier molecular flexibility index (Phi) is 5.33. The number of nitrogens with zero attached hydrogens (tertiary/aromatic N) is 4. The lowest BCUT2D eigenvalue weighted by molar-refractivity contribution is -0.122. The zero-order valence-electron chi connectivity index (χ0n) is 19.1. The molecule has 0 saturated carbocycles. The number of carbonyl (C=O) groups is 2. The first-order valence-electron chi connectivity index (χ1n) is 11.7. The molecule has 1 fully saturated rings. The number of benzene rings is 2. The van der Waals surface area contributed by atoms with Gasteiger partial charge in [0.15, 0.2) is 0 Å². The summed E-state index contributed by atoms with van der Waals surface area (Å²) in [6.45, 7) is 0. The van der Waals surface area contributed by atoms with Crippen molar-refractivity contribution < 1.29 is 14.3 Å². The minimum Gasteiger partial charge on any atom is -0.497 e. The summed E-state index contributed by atoms with van der Waals surface area (Å²) in [7, 11) is 1.63. The Labute approximate surface area is 207 Å². The highest BCUT2D eigenvalue weighted by atomic mass is 35.5. The minimum absolute atomic E-state index is 0.0549. The third kappa shape index (κ3) is 3.69. The van der Waals surface area contributed by atoms with Gasteiger partial charge in [-0.2, -0.15) is 4.98 Å². The Hall–Kier alpha value is -3.65. The molecule has 2 aliphatic heterocycles. The van der Waals surface area contributed by atoms with Crippen LogP contribution in [0.4, 0.5) is 11.9 Å². The van der Waals surface area contributed by atoms with E-state index >= 15 is 0 Å². The second kappa shape index (κ2) is 8.53. The van der Waals surface area contributed by atoms with E-state index in [1.807, 2.05) is 60.7 Å². The first-order chi connectivity index (χ1) is 17.0. The van der Waals surface area contributed by atoms with Gasteiger partial charge in [-0.3, -0.25) is 9.59 Å². The first-order valence-corrected chi connectivity index (χ1v) is 12.1. The van der Waals surface area contributed by atoms with E-state index in [9.17, 15) is 9.59 Å². The molecule has 3 heterocycles. The number of hydrogen-bond donors (Lipinski definition) is 1. The molecule has 1 aromatic heterocycles. The fourth-order valence-electron chi connectivity index (χ4n) is 5.28. The molecule has 2 aromatic carbocycles. The summed E-state index contributed by atoms with van der Waals surface area (Å²) in [6.07, 6.45) is 5.79. The van der Waals surface area contributed by atoms with Crippen molar-refractivity contribution in [2.75, 3.05) is 17.3 Å². The average Bonchev–Trinajstić information content (AvgIpc) is 3.42. The van der Waals surface area contributed by atoms with Crippen molar-refractivity contribution in [3.05, 3.63) is 76.8 Å². The van der Waals surface area contributed by atoms with Crippen LogP contribution in [0.2, 0.25) is 5.02 Å². The third-order valence-electron chi connectivity index (χ3n) is 7.16. The van der Waals surface area contributed by atoms with Crippen molar-refractivity contribution in [1.29, 1.82) is 0 Å². The average molecular weight is 490 g/mol. The van der Waals surface area contributed by atoms with Crippen LogP contribution in [-0.2, 0) is 9.59 Å². The van der Waals surface area contributed by atoms with Gasteiger partial charge in [0.25, 0.3) is 5.95 Å². The molecular weight excluding hydrogens is 466 g/mol. The maximum atomic E-state index is 13.1. The van der Waals surface area contributed by atoms with Crippen molar-refractivity contribution in [1.82, 2.24) is 14.8 Å². The van der Waals surface area contributed by atoms with E-state index in [0.29, 0.717) is 30.2 Å². The molecule has 178 valence electrons. The second-order valence-electron chi connectivity index (χ2n) is 9.12. The van der Waals surface area contributed by atoms with E-state index in [0.717, 1.165) is 16.9 Å². The summed E-state index contributed by atoms with van der Waals surface area (Å²) in [5.41, 5.74) is 2.09. The first kappa shape index (κ1) is 21.9. The summed E-state index contributed by atoms with van der Waals surface area (Å²) < 4.78 is 7.10. The third-order valence-corrected chi connectivity index (χ3v) is 7.41. The Morgan fingerprint density at radius 2 is 1.57 bits per heavy atom. The number of allylic oxidation sites excluding steroid dienone is 2. The number of fused-ring (bicyclic) bond motifs is 2. The Morgan fingerprint density at radius 3 is 2.20 bits per heavy atom. The summed E-state index contributed by atoms with van der Waals surface area (Å²) >= 11 is 6.11. The van der Waals surface area contributed by atoms with Gasteiger partial charge in [-0.15, -0.1) is 5.10 Å². The molecule has 8 nitrogen and oxygen atoms in total. The van der Waals surface area contributed by atoms with E-state index < -0.39 is 0 Å². The Bertz CT molecular complexity index is 1290. The van der Waals surface area contributed by atoms with Crippen LogP contribution in [0, 0.1) is 11.8 Å². The maximum absolute atomic E-state index is 13.1. The van der Waals surface area contributed by atoms with Gasteiger partial charge in [-0.1, -0.05) is 48.0 Å². The molecule has 0 spiro atoms. The van der Waals surface area contributed by atoms with Crippen LogP contribution in [0.25, 0.3) is 0 Å². The van der Waals surface area contributed by atoms with Crippen molar-refractivity contribution >= 4 is 35.3 Å². The van der Waals surface area contributed by atoms with Crippen LogP contribution >= 0.6 is 11.6 Å². The van der Waals surface area contributed by atoms with Crippen molar-refractivity contribution in [2.45, 2.75) is 31.3 Å². The molecule has 1 N–H and O–H groups in total. The second-order valence-corrected chi connectivity index (χ2v) is 9.56. The van der Waals surface area contributed by atoms with E-state index in [4.69, 9.17) is 16.3 Å². The molecule has 1 saturated heterocycles. The van der Waals surface area contributed by atoms with E-state index in [2.05, 4.69) is 15.4 Å². The fourth-order valence-corrected chi connectivity index (χ4v) is 5.40. The molecule has 3 aromatic rings. The summed E-state index contributed by atoms with van der Waals surface area (Å²) in [6, 6.07) is 15.3. The molecular formula is C26H24ClN5O3. The number of halogens is 1. The van der Waals surface area contributed by atoms with Crippen molar-refractivity contribution in [3.63, 3.8) is 0 Å². The molecule has 4 unspecified atom stereocenters. The highest BCUT2D eigenvalue weighted by molar-refractivity contribution is 6.30. The van der Waals surface area contributed by atoms with Gasteiger partial charge in [-0.25, -0.2) is 9.58 Å². The van der Waals surface area contributed by atoms with Crippen LogP contribution < -0.4 is 15.0 Å². The number of rotatable bonds is 4. The number of imide groups is 1. The zero-order valence-corrected chi connectivity index (χ0v) is 19.9. The predicted molar refractivity (Wildman–Crippen MR) is 131 cm³/mol. The Morgan fingerprint density at radius 1 is 0.943 bits per heavy atom. The number of nitrogens with one attached hydrogen (secondary N) is 1.